The summed E-state index contributed by atoms with van der Waals surface area (Å²) in [5, 5.41) is 18.0. The number of aliphatic hydroxyl groups is 1. The molecule has 1 aromatic rings. The Kier molecular flexibility index (Phi) is 5.51. The third-order valence-corrected chi connectivity index (χ3v) is 2.87. The summed E-state index contributed by atoms with van der Waals surface area (Å²) in [6.45, 7) is 3.86. The van der Waals surface area contributed by atoms with E-state index in [1.807, 2.05) is 13.8 Å². The highest BCUT2D eigenvalue weighted by Gasteiger charge is 2.19. The van der Waals surface area contributed by atoms with E-state index in [-0.39, 0.29) is 37.1 Å². The molecule has 1 amide bonds. The van der Waals surface area contributed by atoms with Crippen LogP contribution in [0.25, 0.3) is 0 Å². The number of hydrogen-bond acceptors (Lipinski definition) is 3. The van der Waals surface area contributed by atoms with Gasteiger partial charge in [0.05, 0.1) is 18.6 Å². The van der Waals surface area contributed by atoms with Crippen molar-refractivity contribution in [2.45, 2.75) is 26.3 Å². The number of benzene rings is 1. The fourth-order valence-electron chi connectivity index (χ4n) is 1.93. The Morgan fingerprint density at radius 1 is 1.26 bits per heavy atom. The number of aromatic carboxylic acids is 1. The molecule has 0 aliphatic rings. The normalized spacial score (nSPS) is 10.5. The van der Waals surface area contributed by atoms with E-state index in [1.54, 1.807) is 23.1 Å². The first-order valence-electron chi connectivity index (χ1n) is 6.19. The summed E-state index contributed by atoms with van der Waals surface area (Å²) >= 11 is 0. The number of aliphatic hydroxyl groups excluding tert-OH is 1. The third-order valence-electron chi connectivity index (χ3n) is 2.87. The molecule has 0 aliphatic carbocycles. The van der Waals surface area contributed by atoms with Crippen molar-refractivity contribution in [2.75, 3.05) is 13.2 Å². The van der Waals surface area contributed by atoms with Crippen molar-refractivity contribution in [2.24, 2.45) is 0 Å². The monoisotopic (exact) mass is 265 g/mol. The maximum absolute atomic E-state index is 12.1. The number of hydrogen-bond donors (Lipinski definition) is 2. The summed E-state index contributed by atoms with van der Waals surface area (Å²) in [5.41, 5.74) is 0.632. The average Bonchev–Trinajstić information content (AvgIpc) is 2.35. The molecule has 19 heavy (non-hydrogen) atoms. The first-order valence-corrected chi connectivity index (χ1v) is 6.19. The van der Waals surface area contributed by atoms with Gasteiger partial charge in [-0.2, -0.15) is 0 Å². The number of carbonyl (C=O) groups excluding carboxylic acids is 1. The van der Waals surface area contributed by atoms with Crippen LogP contribution in [0.4, 0.5) is 0 Å². The van der Waals surface area contributed by atoms with Crippen LogP contribution in [0.3, 0.4) is 0 Å². The maximum atomic E-state index is 12.1. The van der Waals surface area contributed by atoms with Gasteiger partial charge < -0.3 is 15.1 Å². The second kappa shape index (κ2) is 6.89. The van der Waals surface area contributed by atoms with Crippen LogP contribution < -0.4 is 0 Å². The predicted octanol–water partition coefficient (Wildman–Crippen LogP) is 1.16. The second-order valence-electron chi connectivity index (χ2n) is 4.54. The highest BCUT2D eigenvalue weighted by atomic mass is 16.4. The lowest BCUT2D eigenvalue weighted by atomic mass is 10.0. The summed E-state index contributed by atoms with van der Waals surface area (Å²) in [6, 6.07) is 6.43. The van der Waals surface area contributed by atoms with Crippen LogP contribution in [-0.4, -0.2) is 46.2 Å². The third kappa shape index (κ3) is 4.06. The molecule has 0 fully saturated rings. The van der Waals surface area contributed by atoms with Crippen molar-refractivity contribution in [3.8, 4) is 0 Å². The Morgan fingerprint density at radius 3 is 2.42 bits per heavy atom. The number of rotatable bonds is 6. The molecule has 5 nitrogen and oxygen atoms in total. The van der Waals surface area contributed by atoms with Gasteiger partial charge in [-0.05, 0) is 25.5 Å². The summed E-state index contributed by atoms with van der Waals surface area (Å²) in [7, 11) is 0. The lowest BCUT2D eigenvalue weighted by Gasteiger charge is -2.26. The molecule has 0 saturated carbocycles. The predicted molar refractivity (Wildman–Crippen MR) is 71.0 cm³/mol. The minimum atomic E-state index is -1.04. The molecule has 0 heterocycles. The summed E-state index contributed by atoms with van der Waals surface area (Å²) in [6.07, 6.45) is 0.0284. The van der Waals surface area contributed by atoms with Gasteiger partial charge in [0.2, 0.25) is 5.91 Å². The molecule has 0 spiro atoms. The van der Waals surface area contributed by atoms with Gasteiger partial charge in [-0.1, -0.05) is 18.2 Å². The van der Waals surface area contributed by atoms with Crippen molar-refractivity contribution in [1.29, 1.82) is 0 Å². The molecule has 2 N–H and O–H groups in total. The summed E-state index contributed by atoms with van der Waals surface area (Å²) in [5.74, 6) is -1.22. The molecule has 104 valence electrons. The molecule has 1 aromatic carbocycles. The molecular weight excluding hydrogens is 246 g/mol. The minimum absolute atomic E-state index is 0.0284. The number of carboxylic acid groups (broad SMARTS) is 1. The lowest BCUT2D eigenvalue weighted by molar-refractivity contribution is -0.132. The zero-order chi connectivity index (χ0) is 14.4. The minimum Gasteiger partial charge on any atom is -0.478 e. The van der Waals surface area contributed by atoms with Gasteiger partial charge in [-0.25, -0.2) is 4.79 Å². The number of amides is 1. The highest BCUT2D eigenvalue weighted by molar-refractivity contribution is 5.91. The largest absolute Gasteiger partial charge is 0.478 e. The van der Waals surface area contributed by atoms with Gasteiger partial charge in [0.1, 0.15) is 0 Å². The van der Waals surface area contributed by atoms with E-state index in [2.05, 4.69) is 0 Å². The van der Waals surface area contributed by atoms with Crippen LogP contribution in [0.5, 0.6) is 0 Å². The second-order valence-corrected chi connectivity index (χ2v) is 4.54. The van der Waals surface area contributed by atoms with Crippen LogP contribution in [0, 0.1) is 0 Å². The fourth-order valence-corrected chi connectivity index (χ4v) is 1.93. The average molecular weight is 265 g/mol. The maximum Gasteiger partial charge on any atom is 0.335 e. The molecule has 0 aliphatic heterocycles. The van der Waals surface area contributed by atoms with Crippen molar-refractivity contribution in [3.05, 3.63) is 35.4 Å². The first kappa shape index (κ1) is 15.2. The molecule has 1 rings (SSSR count). The first-order chi connectivity index (χ1) is 8.97. The van der Waals surface area contributed by atoms with E-state index in [0.29, 0.717) is 5.56 Å². The van der Waals surface area contributed by atoms with E-state index in [1.165, 1.54) is 6.07 Å². The Morgan fingerprint density at radius 2 is 1.89 bits per heavy atom. The zero-order valence-corrected chi connectivity index (χ0v) is 11.2. The molecule has 0 unspecified atom stereocenters. The van der Waals surface area contributed by atoms with Crippen LogP contribution in [0.15, 0.2) is 24.3 Å². The van der Waals surface area contributed by atoms with Gasteiger partial charge in [0, 0.05) is 12.6 Å². The Balaban J connectivity index is 2.89. The molecule has 0 atom stereocenters. The topological polar surface area (TPSA) is 77.8 Å². The molecule has 0 bridgehead atoms. The Bertz CT molecular complexity index is 457. The SMILES string of the molecule is CC(C)N(CCO)C(=O)Cc1ccccc1C(=O)O. The van der Waals surface area contributed by atoms with Gasteiger partial charge in [-0.3, -0.25) is 4.79 Å². The zero-order valence-electron chi connectivity index (χ0n) is 11.2. The van der Waals surface area contributed by atoms with Crippen molar-refractivity contribution in [3.63, 3.8) is 0 Å². The van der Waals surface area contributed by atoms with Crippen LogP contribution in [-0.2, 0) is 11.2 Å². The van der Waals surface area contributed by atoms with E-state index < -0.39 is 5.97 Å². The Labute approximate surface area is 112 Å². The molecular formula is C14H19NO4. The van der Waals surface area contributed by atoms with Crippen LogP contribution in [0.1, 0.15) is 29.8 Å². The number of nitrogens with zero attached hydrogens (tertiary/aromatic N) is 1. The standard InChI is InChI=1S/C14H19NO4/c1-10(2)15(7-8-16)13(17)9-11-5-3-4-6-12(11)14(18)19/h3-6,10,16H,7-9H2,1-2H3,(H,18,19). The molecule has 0 radical (unpaired) electrons. The van der Waals surface area contributed by atoms with Gasteiger partial charge >= 0.3 is 5.97 Å². The molecule has 0 aromatic heterocycles. The van der Waals surface area contributed by atoms with E-state index in [0.717, 1.165) is 0 Å². The van der Waals surface area contributed by atoms with Crippen molar-refractivity contribution < 1.29 is 19.8 Å². The van der Waals surface area contributed by atoms with Gasteiger partial charge in [0.15, 0.2) is 0 Å². The Hall–Kier alpha value is -1.88. The quantitative estimate of drug-likeness (QED) is 0.809. The highest BCUT2D eigenvalue weighted by Crippen LogP contribution is 2.12. The number of carbonyl (C=O) groups is 2. The summed E-state index contributed by atoms with van der Waals surface area (Å²) in [4.78, 5) is 24.7. The van der Waals surface area contributed by atoms with E-state index in [4.69, 9.17) is 10.2 Å². The fraction of sp³-hybridized carbons (Fsp3) is 0.429. The van der Waals surface area contributed by atoms with Crippen molar-refractivity contribution >= 4 is 11.9 Å². The van der Waals surface area contributed by atoms with Crippen molar-refractivity contribution in [1.82, 2.24) is 4.90 Å². The summed E-state index contributed by atoms with van der Waals surface area (Å²) < 4.78 is 0. The van der Waals surface area contributed by atoms with Gasteiger partial charge in [-0.15, -0.1) is 0 Å². The van der Waals surface area contributed by atoms with Crippen LogP contribution >= 0.6 is 0 Å². The molecule has 0 saturated heterocycles. The van der Waals surface area contributed by atoms with E-state index in [9.17, 15) is 9.59 Å². The lowest BCUT2D eigenvalue weighted by Crippen LogP contribution is -2.40. The van der Waals surface area contributed by atoms with E-state index >= 15 is 0 Å². The van der Waals surface area contributed by atoms with Crippen LogP contribution in [0.2, 0.25) is 0 Å². The van der Waals surface area contributed by atoms with Gasteiger partial charge in [0.25, 0.3) is 0 Å². The smallest absolute Gasteiger partial charge is 0.335 e. The molecule has 5 heteroatoms. The number of carboxylic acids is 1.